The van der Waals surface area contributed by atoms with E-state index in [0.29, 0.717) is 24.4 Å². The fraction of sp³-hybridized carbons (Fsp3) is 0.423. The molecule has 1 N–H and O–H groups in total. The number of hydrogen-bond acceptors (Lipinski definition) is 7. The Bertz CT molecular complexity index is 1130. The van der Waals surface area contributed by atoms with Crippen LogP contribution >= 0.6 is 11.8 Å². The van der Waals surface area contributed by atoms with E-state index >= 15 is 0 Å². The number of benzene rings is 2. The highest BCUT2D eigenvalue weighted by atomic mass is 32.2. The summed E-state index contributed by atoms with van der Waals surface area (Å²) in [5, 5.41) is 12.6. The van der Waals surface area contributed by atoms with Crippen LogP contribution in [-0.2, 0) is 9.53 Å². The third-order valence-electron chi connectivity index (χ3n) is 5.95. The van der Waals surface area contributed by atoms with Crippen LogP contribution in [0.4, 0.5) is 17.3 Å². The minimum Gasteiger partial charge on any atom is -0.378 e. The summed E-state index contributed by atoms with van der Waals surface area (Å²) < 4.78 is 7.54. The molecule has 0 spiro atoms. The smallest absolute Gasteiger partial charge is 0.234 e. The summed E-state index contributed by atoms with van der Waals surface area (Å²) >= 11 is 1.39. The van der Waals surface area contributed by atoms with Crippen molar-refractivity contribution in [2.45, 2.75) is 38.9 Å². The van der Waals surface area contributed by atoms with Crippen LogP contribution in [-0.4, -0.2) is 65.3 Å². The molecule has 9 heteroatoms. The lowest BCUT2D eigenvalue weighted by molar-refractivity contribution is -0.113. The van der Waals surface area contributed by atoms with Crippen LogP contribution < -0.4 is 15.1 Å². The van der Waals surface area contributed by atoms with Crippen LogP contribution in [0.25, 0.3) is 5.69 Å². The summed E-state index contributed by atoms with van der Waals surface area (Å²) in [7, 11) is 0. The number of morpholine rings is 1. The number of thioether (sulfide) groups is 1. The van der Waals surface area contributed by atoms with Crippen LogP contribution in [0.15, 0.2) is 53.7 Å². The third kappa shape index (κ3) is 6.15. The van der Waals surface area contributed by atoms with Crippen molar-refractivity contribution in [3.8, 4) is 5.69 Å². The summed E-state index contributed by atoms with van der Waals surface area (Å²) in [4.78, 5) is 17.2. The second-order valence-corrected chi connectivity index (χ2v) is 9.76. The lowest BCUT2D eigenvalue weighted by atomic mass is 10.2. The van der Waals surface area contributed by atoms with E-state index in [9.17, 15) is 4.79 Å². The Morgan fingerprint density at radius 3 is 2.54 bits per heavy atom. The predicted molar refractivity (Wildman–Crippen MR) is 143 cm³/mol. The molecule has 2 heterocycles. The maximum atomic E-state index is 12.8. The topological polar surface area (TPSA) is 75.5 Å². The molecule has 4 rings (SSSR count). The molecule has 8 nitrogen and oxygen atoms in total. The number of aromatic nitrogens is 3. The number of amides is 1. The van der Waals surface area contributed by atoms with E-state index in [0.717, 1.165) is 48.2 Å². The second kappa shape index (κ2) is 11.6. The van der Waals surface area contributed by atoms with Crippen LogP contribution in [0.5, 0.6) is 0 Å². The van der Waals surface area contributed by atoms with E-state index in [4.69, 9.17) is 4.74 Å². The fourth-order valence-electron chi connectivity index (χ4n) is 4.23. The van der Waals surface area contributed by atoms with Crippen molar-refractivity contribution in [1.29, 1.82) is 0 Å². The average molecular weight is 495 g/mol. The van der Waals surface area contributed by atoms with Gasteiger partial charge in [-0.25, -0.2) is 0 Å². The van der Waals surface area contributed by atoms with Crippen molar-refractivity contribution in [1.82, 2.24) is 14.8 Å². The van der Waals surface area contributed by atoms with Crippen molar-refractivity contribution in [3.05, 3.63) is 54.1 Å². The van der Waals surface area contributed by atoms with Gasteiger partial charge >= 0.3 is 0 Å². The summed E-state index contributed by atoms with van der Waals surface area (Å²) in [6, 6.07) is 16.7. The molecule has 0 bridgehead atoms. The molecule has 0 saturated carbocycles. The van der Waals surface area contributed by atoms with Gasteiger partial charge < -0.3 is 19.9 Å². The Balaban J connectivity index is 1.46. The van der Waals surface area contributed by atoms with Crippen LogP contribution in [0.1, 0.15) is 26.3 Å². The lowest BCUT2D eigenvalue weighted by Gasteiger charge is -2.28. The van der Waals surface area contributed by atoms with Crippen LogP contribution in [0.2, 0.25) is 0 Å². The normalized spacial score (nSPS) is 13.8. The van der Waals surface area contributed by atoms with Crippen molar-refractivity contribution in [3.63, 3.8) is 0 Å². The molecule has 1 saturated heterocycles. The highest BCUT2D eigenvalue weighted by molar-refractivity contribution is 7.99. The molecule has 1 amide bonds. The number of anilines is 3. The van der Waals surface area contributed by atoms with E-state index in [1.54, 1.807) is 0 Å². The van der Waals surface area contributed by atoms with Crippen molar-refractivity contribution < 1.29 is 9.53 Å². The first-order chi connectivity index (χ1) is 17.0. The van der Waals surface area contributed by atoms with Crippen molar-refractivity contribution in [2.24, 2.45) is 0 Å². The second-order valence-electron chi connectivity index (χ2n) is 8.82. The van der Waals surface area contributed by atoms with Gasteiger partial charge in [0.15, 0.2) is 5.16 Å². The van der Waals surface area contributed by atoms with Gasteiger partial charge in [0.05, 0.1) is 24.7 Å². The molecular formula is C26H34N6O2S. The number of carbonyl (C=O) groups excluding carboxylic acids is 1. The standard InChI is InChI=1S/C26H34N6O2S/c1-5-31(19(2)3)22-11-9-21(10-12-22)27-24(33)18-35-26-29-28-25(30-13-15-34-16-14-30)32(26)23-8-6-7-20(4)17-23/h6-12,17,19H,5,13-16,18H2,1-4H3,(H,27,33). The molecular weight excluding hydrogens is 460 g/mol. The Kier molecular flexibility index (Phi) is 8.30. The molecule has 0 atom stereocenters. The SMILES string of the molecule is CCN(c1ccc(NC(=O)CSc2nnc(N3CCOCC3)n2-c2cccc(C)c2)cc1)C(C)C. The first-order valence-corrected chi connectivity index (χ1v) is 13.1. The molecule has 1 aromatic heterocycles. The van der Waals surface area contributed by atoms with Gasteiger partial charge in [-0.2, -0.15) is 0 Å². The Morgan fingerprint density at radius 2 is 1.89 bits per heavy atom. The summed E-state index contributed by atoms with van der Waals surface area (Å²) in [6.07, 6.45) is 0. The van der Waals surface area contributed by atoms with Crippen LogP contribution in [0, 0.1) is 6.92 Å². The monoisotopic (exact) mass is 494 g/mol. The molecule has 2 aromatic carbocycles. The number of nitrogens with zero attached hydrogens (tertiary/aromatic N) is 5. The van der Waals surface area contributed by atoms with Gasteiger partial charge in [-0.3, -0.25) is 9.36 Å². The van der Waals surface area contributed by atoms with Gasteiger partial charge in [-0.05, 0) is 69.7 Å². The minimum absolute atomic E-state index is 0.0781. The van der Waals surface area contributed by atoms with E-state index in [-0.39, 0.29) is 11.7 Å². The number of hydrogen-bond donors (Lipinski definition) is 1. The zero-order valence-electron chi connectivity index (χ0n) is 20.9. The fourth-order valence-corrected chi connectivity index (χ4v) is 4.97. The van der Waals surface area contributed by atoms with Gasteiger partial charge in [-0.15, -0.1) is 10.2 Å². The number of ether oxygens (including phenoxy) is 1. The zero-order chi connectivity index (χ0) is 24.8. The summed E-state index contributed by atoms with van der Waals surface area (Å²) in [6.45, 7) is 12.4. The van der Waals surface area contributed by atoms with E-state index in [1.165, 1.54) is 11.8 Å². The summed E-state index contributed by atoms with van der Waals surface area (Å²) in [5.41, 5.74) is 4.08. The predicted octanol–water partition coefficient (Wildman–Crippen LogP) is 4.38. The van der Waals surface area contributed by atoms with Crippen LogP contribution in [0.3, 0.4) is 0 Å². The zero-order valence-corrected chi connectivity index (χ0v) is 21.7. The Labute approximate surface area is 211 Å². The average Bonchev–Trinajstić information content (AvgIpc) is 3.29. The van der Waals surface area contributed by atoms with Crippen molar-refractivity contribution in [2.75, 3.05) is 53.7 Å². The van der Waals surface area contributed by atoms with Gasteiger partial charge in [0, 0.05) is 37.1 Å². The first-order valence-electron chi connectivity index (χ1n) is 12.1. The molecule has 0 unspecified atom stereocenters. The van der Waals surface area contributed by atoms with Crippen molar-refractivity contribution >= 4 is 35.0 Å². The summed E-state index contributed by atoms with van der Waals surface area (Å²) in [5.74, 6) is 0.940. The van der Waals surface area contributed by atoms with Gasteiger partial charge in [0.2, 0.25) is 11.9 Å². The largest absolute Gasteiger partial charge is 0.378 e. The molecule has 1 fully saturated rings. The molecule has 1 aliphatic rings. The number of aryl methyl sites for hydroxylation is 1. The first kappa shape index (κ1) is 25.1. The molecule has 0 aliphatic carbocycles. The number of carbonyl (C=O) groups is 1. The van der Waals surface area contributed by atoms with E-state index < -0.39 is 0 Å². The quantitative estimate of drug-likeness (QED) is 0.443. The van der Waals surface area contributed by atoms with Gasteiger partial charge in [0.25, 0.3) is 0 Å². The van der Waals surface area contributed by atoms with Gasteiger partial charge in [-0.1, -0.05) is 23.9 Å². The number of rotatable bonds is 9. The van der Waals surface area contributed by atoms with E-state index in [1.807, 2.05) is 28.8 Å². The Morgan fingerprint density at radius 1 is 1.14 bits per heavy atom. The molecule has 186 valence electrons. The van der Waals surface area contributed by atoms with Gasteiger partial charge in [0.1, 0.15) is 0 Å². The lowest BCUT2D eigenvalue weighted by Crippen LogP contribution is -2.37. The minimum atomic E-state index is -0.0781. The molecule has 0 radical (unpaired) electrons. The Hall–Kier alpha value is -3.04. The molecule has 3 aromatic rings. The van der Waals surface area contributed by atoms with E-state index in [2.05, 4.69) is 77.3 Å². The highest BCUT2D eigenvalue weighted by Gasteiger charge is 2.22. The number of nitrogens with one attached hydrogen (secondary N) is 1. The third-order valence-corrected chi connectivity index (χ3v) is 6.88. The highest BCUT2D eigenvalue weighted by Crippen LogP contribution is 2.28. The maximum Gasteiger partial charge on any atom is 0.234 e. The molecule has 35 heavy (non-hydrogen) atoms. The molecule has 1 aliphatic heterocycles. The maximum absolute atomic E-state index is 12.8.